The van der Waals surface area contributed by atoms with Crippen LogP contribution in [0.3, 0.4) is 0 Å². The van der Waals surface area contributed by atoms with Gasteiger partial charge in [-0.1, -0.05) is 18.2 Å². The molecule has 0 spiro atoms. The topological polar surface area (TPSA) is 77.0 Å². The molecular weight excluding hydrogens is 352 g/mol. The van der Waals surface area contributed by atoms with Gasteiger partial charge >= 0.3 is 0 Å². The van der Waals surface area contributed by atoms with Gasteiger partial charge in [-0.15, -0.1) is 0 Å². The van der Waals surface area contributed by atoms with Crippen LogP contribution in [0.15, 0.2) is 67.0 Å². The van der Waals surface area contributed by atoms with E-state index < -0.39 is 0 Å². The minimum absolute atomic E-state index is 0.182. The van der Waals surface area contributed by atoms with Crippen LogP contribution in [-0.2, 0) is 0 Å². The standard InChI is InChI=1S/C22H18N4O2/c1-14-5-3-6-16(11-14)25-22(27)18-7-4-8-19-17(18)9-10-20(26-19)28-21-12-15(2)23-13-24-21/h3-13H,1-2H3,(H,25,27). The number of nitrogens with one attached hydrogen (secondary N) is 1. The minimum atomic E-state index is -0.182. The van der Waals surface area contributed by atoms with Gasteiger partial charge < -0.3 is 10.1 Å². The number of rotatable bonds is 4. The van der Waals surface area contributed by atoms with Gasteiger partial charge in [0.1, 0.15) is 6.33 Å². The van der Waals surface area contributed by atoms with Crippen molar-refractivity contribution in [2.24, 2.45) is 0 Å². The molecule has 0 saturated heterocycles. The van der Waals surface area contributed by atoms with E-state index in [0.717, 1.165) is 22.3 Å². The van der Waals surface area contributed by atoms with E-state index in [4.69, 9.17) is 4.74 Å². The second-order valence-electron chi connectivity index (χ2n) is 6.45. The van der Waals surface area contributed by atoms with Gasteiger partial charge in [0.25, 0.3) is 5.91 Å². The molecule has 0 aliphatic rings. The summed E-state index contributed by atoms with van der Waals surface area (Å²) < 4.78 is 5.71. The molecule has 0 radical (unpaired) electrons. The molecule has 4 rings (SSSR count). The number of hydrogen-bond acceptors (Lipinski definition) is 5. The van der Waals surface area contributed by atoms with Crippen LogP contribution in [0.5, 0.6) is 11.8 Å². The van der Waals surface area contributed by atoms with Gasteiger partial charge in [0.15, 0.2) is 0 Å². The van der Waals surface area contributed by atoms with E-state index in [9.17, 15) is 4.79 Å². The second kappa shape index (κ2) is 7.44. The Morgan fingerprint density at radius 1 is 0.929 bits per heavy atom. The summed E-state index contributed by atoms with van der Waals surface area (Å²) in [4.78, 5) is 25.4. The third-order valence-corrected chi connectivity index (χ3v) is 4.21. The fraction of sp³-hybridized carbons (Fsp3) is 0.0909. The van der Waals surface area contributed by atoms with Crippen LogP contribution in [-0.4, -0.2) is 20.9 Å². The first-order chi connectivity index (χ1) is 13.6. The van der Waals surface area contributed by atoms with Crippen LogP contribution >= 0.6 is 0 Å². The third kappa shape index (κ3) is 3.81. The maximum Gasteiger partial charge on any atom is 0.256 e. The Morgan fingerprint density at radius 3 is 2.61 bits per heavy atom. The van der Waals surface area contributed by atoms with Gasteiger partial charge in [0.2, 0.25) is 11.8 Å². The predicted molar refractivity (Wildman–Crippen MR) is 108 cm³/mol. The molecule has 1 amide bonds. The Balaban J connectivity index is 1.62. The molecule has 0 saturated carbocycles. The smallest absolute Gasteiger partial charge is 0.256 e. The summed E-state index contributed by atoms with van der Waals surface area (Å²) in [7, 11) is 0. The number of pyridine rings is 1. The monoisotopic (exact) mass is 370 g/mol. The molecule has 138 valence electrons. The summed E-state index contributed by atoms with van der Waals surface area (Å²) in [6.45, 7) is 3.85. The first-order valence-corrected chi connectivity index (χ1v) is 8.83. The van der Waals surface area contributed by atoms with E-state index in [1.54, 1.807) is 24.3 Å². The molecule has 2 heterocycles. The van der Waals surface area contributed by atoms with E-state index in [0.29, 0.717) is 22.8 Å². The maximum atomic E-state index is 12.8. The highest BCUT2D eigenvalue weighted by molar-refractivity contribution is 6.12. The van der Waals surface area contributed by atoms with Gasteiger partial charge in [-0.25, -0.2) is 15.0 Å². The molecule has 0 aliphatic heterocycles. The van der Waals surface area contributed by atoms with Gasteiger partial charge in [-0.2, -0.15) is 0 Å². The predicted octanol–water partition coefficient (Wildman–Crippen LogP) is 4.69. The lowest BCUT2D eigenvalue weighted by molar-refractivity contribution is 0.102. The molecule has 0 atom stereocenters. The zero-order valence-electron chi connectivity index (χ0n) is 15.5. The highest BCUT2D eigenvalue weighted by Gasteiger charge is 2.12. The van der Waals surface area contributed by atoms with Crippen molar-refractivity contribution < 1.29 is 9.53 Å². The van der Waals surface area contributed by atoms with E-state index in [2.05, 4.69) is 20.3 Å². The highest BCUT2D eigenvalue weighted by atomic mass is 16.5. The Bertz CT molecular complexity index is 1170. The molecular formula is C22H18N4O2. The number of carbonyl (C=O) groups excluding carboxylic acids is 1. The van der Waals surface area contributed by atoms with Crippen molar-refractivity contribution in [2.45, 2.75) is 13.8 Å². The zero-order chi connectivity index (χ0) is 19.5. The number of ether oxygens (including phenoxy) is 1. The lowest BCUT2D eigenvalue weighted by Gasteiger charge is -2.10. The van der Waals surface area contributed by atoms with E-state index in [1.165, 1.54) is 6.33 Å². The first-order valence-electron chi connectivity index (χ1n) is 8.83. The Kier molecular flexibility index (Phi) is 4.68. The molecule has 0 unspecified atom stereocenters. The van der Waals surface area contributed by atoms with Crippen molar-refractivity contribution in [3.05, 3.63) is 83.8 Å². The summed E-state index contributed by atoms with van der Waals surface area (Å²) in [6, 6.07) is 18.4. The quantitative estimate of drug-likeness (QED) is 0.564. The fourth-order valence-corrected chi connectivity index (χ4v) is 2.91. The van der Waals surface area contributed by atoms with Crippen LogP contribution in [0.25, 0.3) is 10.9 Å². The Labute approximate surface area is 162 Å². The van der Waals surface area contributed by atoms with Gasteiger partial charge in [0, 0.05) is 34.5 Å². The molecule has 2 aromatic heterocycles. The van der Waals surface area contributed by atoms with Crippen molar-refractivity contribution >= 4 is 22.5 Å². The number of benzene rings is 2. The lowest BCUT2D eigenvalue weighted by atomic mass is 10.1. The molecule has 0 bridgehead atoms. The first kappa shape index (κ1) is 17.6. The number of fused-ring (bicyclic) bond motifs is 1. The van der Waals surface area contributed by atoms with Gasteiger partial charge in [0.05, 0.1) is 5.52 Å². The summed E-state index contributed by atoms with van der Waals surface area (Å²) in [5.74, 6) is 0.646. The SMILES string of the molecule is Cc1cccc(NC(=O)c2cccc3nc(Oc4cc(C)ncn4)ccc23)c1. The zero-order valence-corrected chi connectivity index (χ0v) is 15.5. The number of anilines is 1. The van der Waals surface area contributed by atoms with Crippen molar-refractivity contribution in [2.75, 3.05) is 5.32 Å². The van der Waals surface area contributed by atoms with Crippen molar-refractivity contribution in [3.63, 3.8) is 0 Å². The molecule has 28 heavy (non-hydrogen) atoms. The Morgan fingerprint density at radius 2 is 1.79 bits per heavy atom. The van der Waals surface area contributed by atoms with Gasteiger partial charge in [-0.05, 0) is 49.7 Å². The number of hydrogen-bond donors (Lipinski definition) is 1. The minimum Gasteiger partial charge on any atom is -0.421 e. The summed E-state index contributed by atoms with van der Waals surface area (Å²) in [5.41, 5.74) is 3.87. The normalized spacial score (nSPS) is 10.6. The summed E-state index contributed by atoms with van der Waals surface area (Å²) in [5, 5.41) is 3.69. The molecule has 2 aromatic carbocycles. The number of aromatic nitrogens is 3. The number of amides is 1. The largest absolute Gasteiger partial charge is 0.421 e. The molecule has 6 heteroatoms. The van der Waals surface area contributed by atoms with Crippen molar-refractivity contribution in [1.29, 1.82) is 0 Å². The number of aryl methyl sites for hydroxylation is 2. The molecule has 0 aliphatic carbocycles. The average molecular weight is 370 g/mol. The third-order valence-electron chi connectivity index (χ3n) is 4.21. The number of carbonyl (C=O) groups is 1. The van der Waals surface area contributed by atoms with Crippen LogP contribution in [0.2, 0.25) is 0 Å². The fourth-order valence-electron chi connectivity index (χ4n) is 2.91. The summed E-state index contributed by atoms with van der Waals surface area (Å²) in [6.07, 6.45) is 1.44. The van der Waals surface area contributed by atoms with E-state index >= 15 is 0 Å². The highest BCUT2D eigenvalue weighted by Crippen LogP contribution is 2.24. The average Bonchev–Trinajstić information content (AvgIpc) is 2.67. The van der Waals surface area contributed by atoms with Crippen molar-refractivity contribution in [3.8, 4) is 11.8 Å². The molecule has 1 N–H and O–H groups in total. The molecule has 4 aromatic rings. The maximum absolute atomic E-state index is 12.8. The van der Waals surface area contributed by atoms with Crippen LogP contribution in [0.4, 0.5) is 5.69 Å². The Hall–Kier alpha value is -3.80. The van der Waals surface area contributed by atoms with Gasteiger partial charge in [-0.3, -0.25) is 4.79 Å². The number of nitrogens with zero attached hydrogens (tertiary/aromatic N) is 3. The molecule has 6 nitrogen and oxygen atoms in total. The lowest BCUT2D eigenvalue weighted by Crippen LogP contribution is -2.12. The van der Waals surface area contributed by atoms with Crippen molar-refractivity contribution in [1.82, 2.24) is 15.0 Å². The van der Waals surface area contributed by atoms with E-state index in [1.807, 2.05) is 50.2 Å². The van der Waals surface area contributed by atoms with Crippen LogP contribution in [0.1, 0.15) is 21.6 Å². The van der Waals surface area contributed by atoms with Crippen LogP contribution in [0, 0.1) is 13.8 Å². The van der Waals surface area contributed by atoms with Crippen LogP contribution < -0.4 is 10.1 Å². The molecule has 0 fully saturated rings. The summed E-state index contributed by atoms with van der Waals surface area (Å²) >= 11 is 0. The van der Waals surface area contributed by atoms with E-state index in [-0.39, 0.29) is 5.91 Å². The second-order valence-corrected chi connectivity index (χ2v) is 6.45.